The molecule has 0 aliphatic heterocycles. The number of hydrogen-bond donors (Lipinski definition) is 0. The van der Waals surface area contributed by atoms with Gasteiger partial charge in [-0.05, 0) is 31.6 Å². The summed E-state index contributed by atoms with van der Waals surface area (Å²) >= 11 is 0. The lowest BCUT2D eigenvalue weighted by molar-refractivity contribution is 0.318. The Labute approximate surface area is 88.5 Å². The van der Waals surface area contributed by atoms with Gasteiger partial charge in [0.15, 0.2) is 0 Å². The molecule has 0 amide bonds. The second kappa shape index (κ2) is 7.17. The molecule has 1 aromatic rings. The molecule has 0 aliphatic rings. The summed E-state index contributed by atoms with van der Waals surface area (Å²) in [5, 5.41) is 0. The van der Waals surface area contributed by atoms with Gasteiger partial charge >= 0.3 is 0 Å². The Bertz CT molecular complexity index is 223. The van der Waals surface area contributed by atoms with Crippen molar-refractivity contribution in [2.45, 2.75) is 13.3 Å². The highest BCUT2D eigenvalue weighted by Gasteiger charge is 1.91. The third-order valence-corrected chi connectivity index (χ3v) is 2.05. The maximum atomic E-state index is 5.49. The van der Waals surface area contributed by atoms with E-state index in [-0.39, 0.29) is 12.4 Å². The molecule has 13 heavy (non-hydrogen) atoms. The van der Waals surface area contributed by atoms with Gasteiger partial charge in [-0.25, -0.2) is 0 Å². The Kier molecular flexibility index (Phi) is 7.03. The zero-order valence-electron chi connectivity index (χ0n) is 7.82. The number of hydrogen-bond acceptors (Lipinski definition) is 1. The van der Waals surface area contributed by atoms with Crippen molar-refractivity contribution in [3.63, 3.8) is 0 Å². The number of halogens is 1. The lowest BCUT2D eigenvalue weighted by Gasteiger charge is -2.04. The first kappa shape index (κ1) is 12.7. The largest absolute Gasteiger partial charge is 0.494 e. The second-order valence-corrected chi connectivity index (χ2v) is 3.38. The van der Waals surface area contributed by atoms with Gasteiger partial charge in [-0.15, -0.1) is 21.6 Å². The highest BCUT2D eigenvalue weighted by molar-refractivity contribution is 7.16. The third-order valence-electron chi connectivity index (χ3n) is 1.64. The van der Waals surface area contributed by atoms with Gasteiger partial charge in [-0.2, -0.15) is 0 Å². The van der Waals surface area contributed by atoms with Crippen LogP contribution in [0.2, 0.25) is 0 Å². The molecule has 0 radical (unpaired) electrons. The molecule has 3 heteroatoms. The third kappa shape index (κ3) is 5.13. The minimum absolute atomic E-state index is 0. The van der Waals surface area contributed by atoms with Gasteiger partial charge in [-0.1, -0.05) is 17.7 Å². The van der Waals surface area contributed by atoms with Crippen molar-refractivity contribution in [2.24, 2.45) is 0 Å². The van der Waals surface area contributed by atoms with Crippen LogP contribution in [0.25, 0.3) is 0 Å². The Morgan fingerprint density at radius 3 is 2.38 bits per heavy atom. The first-order chi connectivity index (χ1) is 5.83. The molecule has 0 aromatic heterocycles. The topological polar surface area (TPSA) is 9.23 Å². The van der Waals surface area contributed by atoms with E-state index in [9.17, 15) is 0 Å². The molecule has 0 saturated carbocycles. The monoisotopic (exact) mass is 218 g/mol. The van der Waals surface area contributed by atoms with Crippen LogP contribution in [0.15, 0.2) is 24.3 Å². The molecule has 74 valence electrons. The predicted octanol–water partition coefficient (Wildman–Crippen LogP) is 3.06. The molecule has 0 fully saturated rings. The summed E-state index contributed by atoms with van der Waals surface area (Å²) in [6.45, 7) is 2.89. The van der Waals surface area contributed by atoms with Crippen LogP contribution in [0.5, 0.6) is 5.75 Å². The van der Waals surface area contributed by atoms with E-state index in [4.69, 9.17) is 4.74 Å². The molecule has 1 rings (SSSR count). The lowest BCUT2D eigenvalue weighted by atomic mass is 10.2. The van der Waals surface area contributed by atoms with Crippen LogP contribution >= 0.6 is 21.6 Å². The Morgan fingerprint density at radius 2 is 1.85 bits per heavy atom. The smallest absolute Gasteiger partial charge is 0.119 e. The Morgan fingerprint density at radius 1 is 1.23 bits per heavy atom. The van der Waals surface area contributed by atoms with Crippen molar-refractivity contribution >= 4 is 21.6 Å². The van der Waals surface area contributed by atoms with E-state index in [1.165, 1.54) is 5.56 Å². The molecule has 1 nitrogen and oxygen atoms in total. The highest BCUT2D eigenvalue weighted by atomic mass is 35.5. The summed E-state index contributed by atoms with van der Waals surface area (Å²) in [6.07, 6.45) is 2.20. The van der Waals surface area contributed by atoms with Gasteiger partial charge in [0.2, 0.25) is 0 Å². The molecule has 0 N–H and O–H groups in total. The van der Waals surface area contributed by atoms with Crippen LogP contribution in [0.4, 0.5) is 0 Å². The number of aryl methyl sites for hydroxylation is 1. The number of rotatable bonds is 4. The van der Waals surface area contributed by atoms with Crippen LogP contribution in [-0.4, -0.2) is 12.8 Å². The summed E-state index contributed by atoms with van der Waals surface area (Å²) in [5.41, 5.74) is 1.27. The van der Waals surface area contributed by atoms with Crippen LogP contribution in [0, 0.1) is 6.92 Å². The Balaban J connectivity index is 0.00000144. The molecule has 0 saturated heterocycles. The second-order valence-electron chi connectivity index (χ2n) is 2.80. The van der Waals surface area contributed by atoms with Crippen molar-refractivity contribution < 1.29 is 4.74 Å². The molecule has 0 bridgehead atoms. The molecule has 0 heterocycles. The van der Waals surface area contributed by atoms with E-state index < -0.39 is 0 Å². The fraction of sp³-hybridized carbons (Fsp3) is 0.400. The van der Waals surface area contributed by atoms with E-state index in [0.29, 0.717) is 0 Å². The Hall–Kier alpha value is -0.260. The molecule has 0 spiro atoms. The molecule has 1 unspecified atom stereocenters. The normalized spacial score (nSPS) is 9.08. The fourth-order valence-corrected chi connectivity index (χ4v) is 1.07. The van der Waals surface area contributed by atoms with Crippen molar-refractivity contribution in [3.8, 4) is 5.75 Å². The van der Waals surface area contributed by atoms with Crippen LogP contribution in [-0.2, 0) is 0 Å². The minimum Gasteiger partial charge on any atom is -0.494 e. The zero-order valence-corrected chi connectivity index (χ0v) is 9.80. The molecule has 0 aliphatic carbocycles. The average Bonchev–Trinajstić information content (AvgIpc) is 2.09. The summed E-state index contributed by atoms with van der Waals surface area (Å²) in [4.78, 5) is 0. The number of ether oxygens (including phenoxy) is 1. The SMILES string of the molecule is Cc1ccc(OCCCP)cc1.Cl. The number of benzene rings is 1. The van der Waals surface area contributed by atoms with Gasteiger partial charge in [-0.3, -0.25) is 0 Å². The summed E-state index contributed by atoms with van der Waals surface area (Å²) in [7, 11) is 2.69. The van der Waals surface area contributed by atoms with E-state index >= 15 is 0 Å². The van der Waals surface area contributed by atoms with Gasteiger partial charge in [0.05, 0.1) is 6.61 Å². The first-order valence-corrected chi connectivity index (χ1v) is 5.04. The minimum atomic E-state index is 0. The van der Waals surface area contributed by atoms with E-state index in [1.54, 1.807) is 0 Å². The quantitative estimate of drug-likeness (QED) is 0.558. The summed E-state index contributed by atoms with van der Waals surface area (Å²) in [5.74, 6) is 0.971. The van der Waals surface area contributed by atoms with Crippen molar-refractivity contribution in [1.82, 2.24) is 0 Å². The van der Waals surface area contributed by atoms with Crippen molar-refractivity contribution in [2.75, 3.05) is 12.8 Å². The first-order valence-electron chi connectivity index (χ1n) is 4.22. The lowest BCUT2D eigenvalue weighted by Crippen LogP contribution is -1.97. The van der Waals surface area contributed by atoms with Gasteiger partial charge < -0.3 is 4.74 Å². The molecular formula is C10H16ClOP. The van der Waals surface area contributed by atoms with E-state index in [2.05, 4.69) is 28.3 Å². The van der Waals surface area contributed by atoms with Crippen molar-refractivity contribution in [3.05, 3.63) is 29.8 Å². The highest BCUT2D eigenvalue weighted by Crippen LogP contribution is 2.11. The van der Waals surface area contributed by atoms with Crippen molar-refractivity contribution in [1.29, 1.82) is 0 Å². The summed E-state index contributed by atoms with van der Waals surface area (Å²) in [6, 6.07) is 8.16. The van der Waals surface area contributed by atoms with Gasteiger partial charge in [0.25, 0.3) is 0 Å². The van der Waals surface area contributed by atoms with Crippen LogP contribution < -0.4 is 4.74 Å². The van der Waals surface area contributed by atoms with Crippen LogP contribution in [0.1, 0.15) is 12.0 Å². The molecule has 1 atom stereocenters. The average molecular weight is 219 g/mol. The van der Waals surface area contributed by atoms with E-state index in [0.717, 1.165) is 24.9 Å². The summed E-state index contributed by atoms with van der Waals surface area (Å²) < 4.78 is 5.49. The maximum Gasteiger partial charge on any atom is 0.119 e. The fourth-order valence-electron chi connectivity index (χ4n) is 0.908. The molecule has 1 aromatic carbocycles. The predicted molar refractivity (Wildman–Crippen MR) is 63.1 cm³/mol. The van der Waals surface area contributed by atoms with Crippen LogP contribution in [0.3, 0.4) is 0 Å². The maximum absolute atomic E-state index is 5.49. The molecular weight excluding hydrogens is 203 g/mol. The van der Waals surface area contributed by atoms with E-state index in [1.807, 2.05) is 12.1 Å². The van der Waals surface area contributed by atoms with Gasteiger partial charge in [0.1, 0.15) is 5.75 Å². The van der Waals surface area contributed by atoms with Gasteiger partial charge in [0, 0.05) is 0 Å². The zero-order chi connectivity index (χ0) is 8.81. The standard InChI is InChI=1S/C10H15OP.ClH/c1-9-3-5-10(6-4-9)11-7-2-8-12;/h3-6H,2,7-8,12H2,1H3;1H.